The number of halogens is 3. The normalized spacial score (nSPS) is 20.8. The zero-order valence-corrected chi connectivity index (χ0v) is 22.9. The zero-order valence-electron chi connectivity index (χ0n) is 21.3. The largest absolute Gasteiger partial charge is 0.368 e. The zero-order chi connectivity index (χ0) is 28.3. The average Bonchev–Trinajstić information content (AvgIpc) is 3.48. The van der Waals surface area contributed by atoms with Crippen molar-refractivity contribution in [3.63, 3.8) is 0 Å². The SMILES string of the molecule is N/C(=N\C(=N/S(=O)(=O)N1CCC(F)(F)CC1)N1CCC(c2ccccc2)C(c2ccc(Cl)cc2)=N1)n1cccn1. The molecule has 2 aliphatic rings. The lowest BCUT2D eigenvalue weighted by atomic mass is 9.86. The second-order valence-corrected chi connectivity index (χ2v) is 11.4. The number of guanidine groups is 1. The Morgan fingerprint density at radius 2 is 1.73 bits per heavy atom. The van der Waals surface area contributed by atoms with Crippen molar-refractivity contribution in [2.75, 3.05) is 19.6 Å². The maximum Gasteiger partial charge on any atom is 0.325 e. The molecule has 2 aliphatic heterocycles. The highest BCUT2D eigenvalue weighted by Gasteiger charge is 2.39. The third kappa shape index (κ3) is 6.37. The highest BCUT2D eigenvalue weighted by Crippen LogP contribution is 2.32. The van der Waals surface area contributed by atoms with Gasteiger partial charge >= 0.3 is 10.2 Å². The highest BCUT2D eigenvalue weighted by atomic mass is 35.5. The van der Waals surface area contributed by atoms with Crippen molar-refractivity contribution >= 4 is 39.4 Å². The molecule has 0 bridgehead atoms. The number of piperidine rings is 1. The van der Waals surface area contributed by atoms with Crippen molar-refractivity contribution in [1.29, 1.82) is 0 Å². The van der Waals surface area contributed by atoms with Crippen molar-refractivity contribution in [2.24, 2.45) is 20.2 Å². The topological polar surface area (TPSA) is 122 Å². The van der Waals surface area contributed by atoms with Gasteiger partial charge in [-0.1, -0.05) is 54.1 Å². The van der Waals surface area contributed by atoms with Crippen LogP contribution in [-0.4, -0.2) is 70.7 Å². The quantitative estimate of drug-likeness (QED) is 0.366. The van der Waals surface area contributed by atoms with Crippen LogP contribution in [-0.2, 0) is 10.2 Å². The van der Waals surface area contributed by atoms with Gasteiger partial charge in [-0.3, -0.25) is 0 Å². The molecule has 0 saturated carbocycles. The molecule has 1 atom stereocenters. The lowest BCUT2D eigenvalue weighted by Crippen LogP contribution is -2.43. The van der Waals surface area contributed by atoms with Gasteiger partial charge in [-0.25, -0.2) is 18.5 Å². The summed E-state index contributed by atoms with van der Waals surface area (Å²) in [7, 11) is -4.38. The fourth-order valence-electron chi connectivity index (χ4n) is 4.56. The fraction of sp³-hybridized carbons (Fsp3) is 0.308. The van der Waals surface area contributed by atoms with Crippen LogP contribution in [0.3, 0.4) is 0 Å². The van der Waals surface area contributed by atoms with Gasteiger partial charge in [0.1, 0.15) is 0 Å². The summed E-state index contributed by atoms with van der Waals surface area (Å²) in [5.41, 5.74) is 8.61. The number of nitrogens with zero attached hydrogens (tertiary/aromatic N) is 7. The minimum atomic E-state index is -4.38. The van der Waals surface area contributed by atoms with Crippen LogP contribution in [0.1, 0.15) is 36.3 Å². The Morgan fingerprint density at radius 1 is 1.02 bits per heavy atom. The molecular formula is C26H27ClF2N8O2S. The molecule has 0 radical (unpaired) electrons. The van der Waals surface area contributed by atoms with Gasteiger partial charge in [-0.2, -0.15) is 27.9 Å². The van der Waals surface area contributed by atoms with Crippen molar-refractivity contribution in [2.45, 2.75) is 31.1 Å². The molecular weight excluding hydrogens is 562 g/mol. The Kier molecular flexibility index (Phi) is 7.97. The molecule has 10 nitrogen and oxygen atoms in total. The summed E-state index contributed by atoms with van der Waals surface area (Å²) in [5.74, 6) is -3.47. The Labute approximate surface area is 235 Å². The number of nitrogens with two attached hydrogens (primary N) is 1. The Hall–Kier alpha value is -3.68. The molecule has 0 spiro atoms. The van der Waals surface area contributed by atoms with Crippen LogP contribution in [0.5, 0.6) is 0 Å². The van der Waals surface area contributed by atoms with Crippen LogP contribution in [0, 0.1) is 0 Å². The number of aliphatic imine (C=N–C) groups is 1. The standard InChI is InChI=1S/C26H27ClF2N8O2S/c27-21-9-7-20(8-10-21)23-22(19-5-2-1-3-6-19)11-16-37(33-23)25(32-24(30)36-15-4-14-31-36)34-40(38,39)35-17-12-26(28,29)13-18-35/h1-10,14-15,22H,11-13,16-18H2,(H2,30,32,34). The molecule has 0 aliphatic carbocycles. The summed E-state index contributed by atoms with van der Waals surface area (Å²) in [5, 5.41) is 10.8. The van der Waals surface area contributed by atoms with Gasteiger partial charge in [0.25, 0.3) is 11.9 Å². The van der Waals surface area contributed by atoms with E-state index in [0.29, 0.717) is 17.2 Å². The Morgan fingerprint density at radius 3 is 2.38 bits per heavy atom. The van der Waals surface area contributed by atoms with E-state index >= 15 is 0 Å². The lowest BCUT2D eigenvalue weighted by molar-refractivity contribution is -0.0411. The van der Waals surface area contributed by atoms with Crippen molar-refractivity contribution < 1.29 is 17.2 Å². The number of alkyl halides is 2. The Bertz CT molecular complexity index is 1520. The molecule has 2 N–H and O–H groups in total. The summed E-state index contributed by atoms with van der Waals surface area (Å²) in [6.45, 7) is -0.460. The number of hydrogen-bond donors (Lipinski definition) is 1. The molecule has 1 saturated heterocycles. The van der Waals surface area contributed by atoms with Crippen molar-refractivity contribution in [1.82, 2.24) is 19.1 Å². The first kappa shape index (κ1) is 27.9. The van der Waals surface area contributed by atoms with E-state index < -0.39 is 29.0 Å². The summed E-state index contributed by atoms with van der Waals surface area (Å²) >= 11 is 6.13. The van der Waals surface area contributed by atoms with Gasteiger partial charge in [-0.05, 0) is 35.7 Å². The van der Waals surface area contributed by atoms with E-state index in [-0.39, 0.29) is 37.5 Å². The summed E-state index contributed by atoms with van der Waals surface area (Å²) in [6, 6.07) is 18.6. The van der Waals surface area contributed by atoms with Crippen LogP contribution in [0.25, 0.3) is 0 Å². The van der Waals surface area contributed by atoms with Crippen LogP contribution in [0.2, 0.25) is 5.02 Å². The first-order valence-corrected chi connectivity index (χ1v) is 14.4. The summed E-state index contributed by atoms with van der Waals surface area (Å²) in [6.07, 6.45) is 2.42. The number of aromatic nitrogens is 2. The van der Waals surface area contributed by atoms with Gasteiger partial charge in [-0.15, -0.1) is 4.40 Å². The Balaban J connectivity index is 1.58. The molecule has 5 rings (SSSR count). The van der Waals surface area contributed by atoms with Gasteiger partial charge in [0.2, 0.25) is 5.96 Å². The molecule has 3 heterocycles. The molecule has 210 valence electrons. The van der Waals surface area contributed by atoms with Crippen LogP contribution in [0.15, 0.2) is 87.5 Å². The smallest absolute Gasteiger partial charge is 0.325 e. The molecule has 3 aromatic rings. The van der Waals surface area contributed by atoms with Gasteiger partial charge < -0.3 is 5.73 Å². The van der Waals surface area contributed by atoms with E-state index in [9.17, 15) is 17.2 Å². The van der Waals surface area contributed by atoms with E-state index in [4.69, 9.17) is 22.4 Å². The second kappa shape index (κ2) is 11.4. The van der Waals surface area contributed by atoms with Crippen LogP contribution >= 0.6 is 11.6 Å². The lowest BCUT2D eigenvalue weighted by Gasteiger charge is -2.32. The number of rotatable bonds is 4. The first-order valence-electron chi connectivity index (χ1n) is 12.6. The van der Waals surface area contributed by atoms with E-state index in [1.165, 1.54) is 15.9 Å². The second-order valence-electron chi connectivity index (χ2n) is 9.41. The third-order valence-electron chi connectivity index (χ3n) is 6.69. The maximum atomic E-state index is 13.7. The first-order chi connectivity index (χ1) is 19.1. The molecule has 14 heteroatoms. The number of benzene rings is 2. The summed E-state index contributed by atoms with van der Waals surface area (Å²) in [4.78, 5) is 4.28. The van der Waals surface area contributed by atoms with Gasteiger partial charge in [0.15, 0.2) is 0 Å². The van der Waals surface area contributed by atoms with Gasteiger partial charge in [0.05, 0.1) is 5.71 Å². The monoisotopic (exact) mass is 588 g/mol. The average molecular weight is 589 g/mol. The van der Waals surface area contributed by atoms with Crippen LogP contribution in [0.4, 0.5) is 8.78 Å². The van der Waals surface area contributed by atoms with E-state index in [0.717, 1.165) is 15.4 Å². The van der Waals surface area contributed by atoms with Crippen molar-refractivity contribution in [3.05, 3.63) is 89.2 Å². The van der Waals surface area contributed by atoms with Gasteiger partial charge in [0, 0.05) is 55.8 Å². The summed E-state index contributed by atoms with van der Waals surface area (Å²) < 4.78 is 60.1. The third-order valence-corrected chi connectivity index (χ3v) is 8.36. The minimum Gasteiger partial charge on any atom is -0.368 e. The molecule has 1 aromatic heterocycles. The molecule has 1 fully saturated rings. The highest BCUT2D eigenvalue weighted by molar-refractivity contribution is 7.87. The predicted molar refractivity (Wildman–Crippen MR) is 150 cm³/mol. The van der Waals surface area contributed by atoms with E-state index in [1.54, 1.807) is 24.4 Å². The predicted octanol–water partition coefficient (Wildman–Crippen LogP) is 3.93. The molecule has 1 unspecified atom stereocenters. The minimum absolute atomic E-state index is 0.103. The van der Waals surface area contributed by atoms with E-state index in [2.05, 4.69) is 14.5 Å². The number of hydrogen-bond acceptors (Lipinski definition) is 4. The van der Waals surface area contributed by atoms with Crippen molar-refractivity contribution in [3.8, 4) is 0 Å². The van der Waals surface area contributed by atoms with Crippen LogP contribution < -0.4 is 5.73 Å². The molecule has 0 amide bonds. The van der Waals surface area contributed by atoms with E-state index in [1.807, 2.05) is 42.5 Å². The molecule has 2 aromatic carbocycles. The fourth-order valence-corrected chi connectivity index (χ4v) is 5.79. The molecule has 40 heavy (non-hydrogen) atoms. The number of hydrazone groups is 1. The maximum absolute atomic E-state index is 13.7.